The number of thiocarbonyl (C=S) groups is 1. The highest BCUT2D eigenvalue weighted by molar-refractivity contribution is 7.80. The lowest BCUT2D eigenvalue weighted by Crippen LogP contribution is -2.54. The van der Waals surface area contributed by atoms with E-state index in [-0.39, 0.29) is 21.9 Å². The molecule has 25 heavy (non-hydrogen) atoms. The molecule has 1 fully saturated rings. The first kappa shape index (κ1) is 16.6. The van der Waals surface area contributed by atoms with Crippen LogP contribution in [0.1, 0.15) is 21.9 Å². The van der Waals surface area contributed by atoms with Gasteiger partial charge in [0.05, 0.1) is 11.3 Å². The number of carbonyl (C=O) groups excluding carboxylic acids is 2. The van der Waals surface area contributed by atoms with Gasteiger partial charge in [0.2, 0.25) is 0 Å². The number of furan rings is 1. The predicted octanol–water partition coefficient (Wildman–Crippen LogP) is 2.12. The second-order valence-corrected chi connectivity index (χ2v) is 5.65. The Balaban J connectivity index is 2.02. The van der Waals surface area contributed by atoms with Crippen molar-refractivity contribution < 1.29 is 23.9 Å². The maximum Gasteiger partial charge on any atom is 0.335 e. The van der Waals surface area contributed by atoms with Gasteiger partial charge in [0.1, 0.15) is 17.1 Å². The maximum atomic E-state index is 12.8. The fourth-order valence-electron chi connectivity index (χ4n) is 2.34. The van der Waals surface area contributed by atoms with Crippen LogP contribution in [0.5, 0.6) is 0 Å². The number of hydrogen-bond acceptors (Lipinski definition) is 5. The van der Waals surface area contributed by atoms with E-state index >= 15 is 0 Å². The van der Waals surface area contributed by atoms with Gasteiger partial charge in [-0.3, -0.25) is 19.8 Å². The predicted molar refractivity (Wildman–Crippen MR) is 93.1 cm³/mol. The van der Waals surface area contributed by atoms with Gasteiger partial charge < -0.3 is 9.52 Å². The molecule has 1 saturated heterocycles. The molecule has 126 valence electrons. The third-order valence-corrected chi connectivity index (χ3v) is 3.79. The number of carboxylic acid groups (broad SMARTS) is 1. The molecule has 2 heterocycles. The van der Waals surface area contributed by atoms with Crippen LogP contribution in [0.4, 0.5) is 5.69 Å². The molecule has 2 amide bonds. The minimum atomic E-state index is -1.14. The third-order valence-electron chi connectivity index (χ3n) is 3.50. The molecular weight excluding hydrogens is 344 g/mol. The summed E-state index contributed by atoms with van der Waals surface area (Å²) in [7, 11) is 0. The zero-order valence-electron chi connectivity index (χ0n) is 13.0. The van der Waals surface area contributed by atoms with Gasteiger partial charge >= 0.3 is 5.97 Å². The molecule has 1 aliphatic heterocycles. The van der Waals surface area contributed by atoms with Crippen molar-refractivity contribution in [1.82, 2.24) is 5.32 Å². The zero-order chi connectivity index (χ0) is 18.1. The number of amides is 2. The summed E-state index contributed by atoms with van der Waals surface area (Å²) in [5.41, 5.74) is 0.0808. The minimum absolute atomic E-state index is 0.00260. The monoisotopic (exact) mass is 356 g/mol. The highest BCUT2D eigenvalue weighted by Gasteiger charge is 2.35. The number of carboxylic acids is 1. The molecule has 0 atom stereocenters. The van der Waals surface area contributed by atoms with E-state index in [1.165, 1.54) is 30.3 Å². The van der Waals surface area contributed by atoms with Gasteiger partial charge in [0, 0.05) is 0 Å². The van der Waals surface area contributed by atoms with Crippen LogP contribution in [0.3, 0.4) is 0 Å². The number of benzene rings is 1. The molecular formula is C17H12N2O5S. The Morgan fingerprint density at radius 2 is 2.04 bits per heavy atom. The molecule has 0 spiro atoms. The standard InChI is InChI=1S/C17H12N2O5S/c1-9-5-6-12(24-9)8-13-14(20)18-17(25)19(15(13)21)11-4-2-3-10(7-11)16(22)23/h2-8H,1H3,(H,22,23)(H,18,20,25). The normalized spacial score (nSPS) is 16.3. The topological polar surface area (TPSA) is 99.9 Å². The van der Waals surface area contributed by atoms with Crippen LogP contribution in [0.25, 0.3) is 6.08 Å². The van der Waals surface area contributed by atoms with E-state index < -0.39 is 17.8 Å². The Morgan fingerprint density at radius 1 is 1.28 bits per heavy atom. The van der Waals surface area contributed by atoms with Gasteiger partial charge in [0.15, 0.2) is 5.11 Å². The Hall–Kier alpha value is -3.26. The number of nitrogens with zero attached hydrogens (tertiary/aromatic N) is 1. The summed E-state index contributed by atoms with van der Waals surface area (Å²) in [5, 5.41) is 11.4. The van der Waals surface area contributed by atoms with Crippen LogP contribution in [0, 0.1) is 6.92 Å². The van der Waals surface area contributed by atoms with Crippen LogP contribution in [-0.2, 0) is 9.59 Å². The molecule has 0 saturated carbocycles. The number of anilines is 1. The summed E-state index contributed by atoms with van der Waals surface area (Å²) in [6.45, 7) is 1.74. The van der Waals surface area contributed by atoms with Crippen LogP contribution < -0.4 is 10.2 Å². The molecule has 0 radical (unpaired) electrons. The molecule has 0 aliphatic carbocycles. The maximum absolute atomic E-state index is 12.8. The van der Waals surface area contributed by atoms with Gasteiger partial charge in [-0.25, -0.2) is 4.79 Å². The van der Waals surface area contributed by atoms with Crippen molar-refractivity contribution in [3.63, 3.8) is 0 Å². The van der Waals surface area contributed by atoms with Gasteiger partial charge in [0.25, 0.3) is 11.8 Å². The van der Waals surface area contributed by atoms with E-state index in [1.807, 2.05) is 0 Å². The van der Waals surface area contributed by atoms with Crippen molar-refractivity contribution >= 4 is 46.9 Å². The summed E-state index contributed by atoms with van der Waals surface area (Å²) in [5.74, 6) is -1.46. The first-order chi connectivity index (χ1) is 11.9. The van der Waals surface area contributed by atoms with Crippen molar-refractivity contribution in [2.24, 2.45) is 0 Å². The molecule has 3 rings (SSSR count). The van der Waals surface area contributed by atoms with Crippen molar-refractivity contribution in [3.05, 3.63) is 59.1 Å². The first-order valence-electron chi connectivity index (χ1n) is 7.18. The second kappa shape index (κ2) is 6.33. The van der Waals surface area contributed by atoms with Gasteiger partial charge in [-0.2, -0.15) is 0 Å². The molecule has 1 aliphatic rings. The van der Waals surface area contributed by atoms with Crippen LogP contribution in [0.15, 0.2) is 46.4 Å². The quantitative estimate of drug-likeness (QED) is 0.496. The lowest BCUT2D eigenvalue weighted by Gasteiger charge is -2.28. The van der Waals surface area contributed by atoms with Crippen molar-refractivity contribution in [3.8, 4) is 0 Å². The molecule has 2 N–H and O–H groups in total. The average molecular weight is 356 g/mol. The highest BCUT2D eigenvalue weighted by Crippen LogP contribution is 2.23. The van der Waals surface area contributed by atoms with E-state index in [0.717, 1.165) is 4.90 Å². The van der Waals surface area contributed by atoms with E-state index in [1.54, 1.807) is 19.1 Å². The van der Waals surface area contributed by atoms with Gasteiger partial charge in [-0.1, -0.05) is 6.07 Å². The minimum Gasteiger partial charge on any atom is -0.478 e. The summed E-state index contributed by atoms with van der Waals surface area (Å²) in [4.78, 5) is 37.1. The summed E-state index contributed by atoms with van der Waals surface area (Å²) in [6, 6.07) is 9.05. The largest absolute Gasteiger partial charge is 0.478 e. The Bertz CT molecular complexity index is 944. The van der Waals surface area contributed by atoms with Crippen LogP contribution in [-0.4, -0.2) is 28.0 Å². The fraction of sp³-hybridized carbons (Fsp3) is 0.0588. The number of carbonyl (C=O) groups is 3. The van der Waals surface area contributed by atoms with Crippen LogP contribution in [0.2, 0.25) is 0 Å². The summed E-state index contributed by atoms with van der Waals surface area (Å²) < 4.78 is 5.36. The second-order valence-electron chi connectivity index (χ2n) is 5.26. The van der Waals surface area contributed by atoms with E-state index in [4.69, 9.17) is 21.7 Å². The van der Waals surface area contributed by atoms with Gasteiger partial charge in [-0.15, -0.1) is 0 Å². The number of hydrogen-bond donors (Lipinski definition) is 2. The van der Waals surface area contributed by atoms with E-state index in [9.17, 15) is 14.4 Å². The molecule has 1 aromatic heterocycles. The van der Waals surface area contributed by atoms with Crippen molar-refractivity contribution in [2.75, 3.05) is 4.90 Å². The molecule has 1 aromatic carbocycles. The lowest BCUT2D eigenvalue weighted by atomic mass is 10.1. The third kappa shape index (κ3) is 3.20. The lowest BCUT2D eigenvalue weighted by molar-refractivity contribution is -0.122. The van der Waals surface area contributed by atoms with Crippen molar-refractivity contribution in [2.45, 2.75) is 6.92 Å². The first-order valence-corrected chi connectivity index (χ1v) is 7.59. The van der Waals surface area contributed by atoms with Gasteiger partial charge in [-0.05, 0) is 55.5 Å². The molecule has 0 bridgehead atoms. The molecule has 8 heteroatoms. The highest BCUT2D eigenvalue weighted by atomic mass is 32.1. The number of aryl methyl sites for hydroxylation is 1. The number of aromatic carboxylic acids is 1. The molecule has 7 nitrogen and oxygen atoms in total. The smallest absolute Gasteiger partial charge is 0.335 e. The Kier molecular flexibility index (Phi) is 4.20. The SMILES string of the molecule is Cc1ccc(C=C2C(=O)NC(=S)N(c3cccc(C(=O)O)c3)C2=O)o1. The summed E-state index contributed by atoms with van der Waals surface area (Å²) in [6.07, 6.45) is 1.32. The molecule has 0 unspecified atom stereocenters. The molecule has 2 aromatic rings. The Labute approximate surface area is 147 Å². The number of rotatable bonds is 3. The zero-order valence-corrected chi connectivity index (χ0v) is 13.8. The number of nitrogens with one attached hydrogen (secondary N) is 1. The van der Waals surface area contributed by atoms with E-state index in [2.05, 4.69) is 5.32 Å². The fourth-order valence-corrected chi connectivity index (χ4v) is 2.62. The Morgan fingerprint density at radius 3 is 2.68 bits per heavy atom. The summed E-state index contributed by atoms with van der Waals surface area (Å²) >= 11 is 5.07. The van der Waals surface area contributed by atoms with Crippen molar-refractivity contribution in [1.29, 1.82) is 0 Å². The van der Waals surface area contributed by atoms with Crippen LogP contribution >= 0.6 is 12.2 Å². The van der Waals surface area contributed by atoms with E-state index in [0.29, 0.717) is 11.5 Å². The average Bonchev–Trinajstić information content (AvgIpc) is 2.97.